The van der Waals surface area contributed by atoms with E-state index in [1.165, 1.54) is 12.8 Å². The van der Waals surface area contributed by atoms with E-state index in [1.54, 1.807) is 18.5 Å². The lowest BCUT2D eigenvalue weighted by molar-refractivity contribution is 0.0948. The van der Waals surface area contributed by atoms with Crippen LogP contribution in [0.4, 0.5) is 5.69 Å². The zero-order valence-corrected chi connectivity index (χ0v) is 20.6. The first-order valence-corrected chi connectivity index (χ1v) is 12.8. The van der Waals surface area contributed by atoms with Gasteiger partial charge in [0, 0.05) is 44.1 Å². The number of aromatic nitrogens is 2. The third-order valence-corrected chi connectivity index (χ3v) is 7.04. The molecule has 1 amide bonds. The number of benzene rings is 2. The number of likely N-dealkylation sites (tertiary alicyclic amines) is 1. The van der Waals surface area contributed by atoms with E-state index >= 15 is 0 Å². The summed E-state index contributed by atoms with van der Waals surface area (Å²) < 4.78 is 8.22. The zero-order chi connectivity index (χ0) is 25.2. The number of fused-ring (bicyclic) bond motifs is 2. The van der Waals surface area contributed by atoms with Crippen LogP contribution in [0.1, 0.15) is 28.9 Å². The van der Waals surface area contributed by atoms with Gasteiger partial charge in [-0.05, 0) is 62.3 Å². The molecule has 8 heteroatoms. The molecule has 0 aliphatic carbocycles. The molecule has 4 heterocycles. The van der Waals surface area contributed by atoms with Crippen molar-refractivity contribution in [3.8, 4) is 17.2 Å². The summed E-state index contributed by atoms with van der Waals surface area (Å²) in [6.45, 7) is 4.09. The number of hydrogen-bond donors (Lipinski definition) is 2. The van der Waals surface area contributed by atoms with Crippen LogP contribution in [-0.2, 0) is 6.42 Å². The normalized spacial score (nSPS) is 14.3. The van der Waals surface area contributed by atoms with E-state index in [2.05, 4.69) is 20.5 Å². The summed E-state index contributed by atoms with van der Waals surface area (Å²) in [4.78, 5) is 33.3. The Morgan fingerprint density at radius 3 is 2.68 bits per heavy atom. The molecule has 2 aliphatic rings. The average molecular weight is 496 g/mol. The molecular weight excluding hydrogens is 466 g/mol. The fraction of sp³-hybridized carbons (Fsp3) is 0.276. The molecule has 2 aromatic carbocycles. The molecule has 8 nitrogen and oxygen atoms in total. The number of para-hydroxylation sites is 2. The molecule has 6 rings (SSSR count). The monoisotopic (exact) mass is 495 g/mol. The summed E-state index contributed by atoms with van der Waals surface area (Å²) in [5, 5.41) is 6.85. The number of anilines is 1. The summed E-state index contributed by atoms with van der Waals surface area (Å²) in [6.07, 6.45) is 6.59. The van der Waals surface area contributed by atoms with Crippen molar-refractivity contribution >= 4 is 22.5 Å². The maximum Gasteiger partial charge on any atom is 0.256 e. The highest BCUT2D eigenvalue weighted by atomic mass is 16.5. The van der Waals surface area contributed by atoms with E-state index in [0.29, 0.717) is 35.5 Å². The lowest BCUT2D eigenvalue weighted by Gasteiger charge is -2.26. The number of rotatable bonds is 8. The van der Waals surface area contributed by atoms with Crippen molar-refractivity contribution in [2.75, 3.05) is 38.0 Å². The minimum Gasteiger partial charge on any atom is -0.451 e. The standard InChI is InChI=1S/C29H29N5O3/c35-27-21-10-11-23(31-14-12-20-7-3-4-13-30-20)28-26(21)34(24-8-1-2-9-25(24)37-28)19-22(27)29(36)32-15-18-33-16-5-6-17-33/h1-4,7-11,13,19,31H,5-6,12,14-18H2,(H,32,36). The molecule has 188 valence electrons. The Bertz CT molecular complexity index is 1510. The van der Waals surface area contributed by atoms with Gasteiger partial charge in [-0.3, -0.25) is 14.6 Å². The van der Waals surface area contributed by atoms with Crippen LogP contribution in [0.25, 0.3) is 16.6 Å². The van der Waals surface area contributed by atoms with Crippen molar-refractivity contribution in [1.82, 2.24) is 19.8 Å². The number of nitrogens with zero attached hydrogens (tertiary/aromatic N) is 3. The predicted octanol–water partition coefficient (Wildman–Crippen LogP) is 3.97. The van der Waals surface area contributed by atoms with Gasteiger partial charge in [0.05, 0.1) is 16.8 Å². The molecule has 0 spiro atoms. The minimum atomic E-state index is -0.349. The van der Waals surface area contributed by atoms with Crippen molar-refractivity contribution in [3.05, 3.63) is 88.5 Å². The van der Waals surface area contributed by atoms with Gasteiger partial charge in [0.1, 0.15) is 11.1 Å². The second-order valence-corrected chi connectivity index (χ2v) is 9.45. The molecule has 1 saturated heterocycles. The van der Waals surface area contributed by atoms with Crippen molar-refractivity contribution in [2.24, 2.45) is 0 Å². The Morgan fingerprint density at radius 1 is 1.00 bits per heavy atom. The van der Waals surface area contributed by atoms with Gasteiger partial charge >= 0.3 is 0 Å². The Balaban J connectivity index is 1.33. The van der Waals surface area contributed by atoms with E-state index in [4.69, 9.17) is 4.74 Å². The molecule has 0 unspecified atom stereocenters. The van der Waals surface area contributed by atoms with Gasteiger partial charge < -0.3 is 24.8 Å². The first-order valence-electron chi connectivity index (χ1n) is 12.8. The van der Waals surface area contributed by atoms with Crippen molar-refractivity contribution in [3.63, 3.8) is 0 Å². The van der Waals surface area contributed by atoms with Crippen LogP contribution in [0.5, 0.6) is 11.5 Å². The van der Waals surface area contributed by atoms with E-state index in [-0.39, 0.29) is 16.9 Å². The predicted molar refractivity (Wildman–Crippen MR) is 144 cm³/mol. The van der Waals surface area contributed by atoms with E-state index in [1.807, 2.05) is 53.1 Å². The van der Waals surface area contributed by atoms with Crippen molar-refractivity contribution in [1.29, 1.82) is 0 Å². The molecule has 0 atom stereocenters. The Labute approximate surface area is 214 Å². The Morgan fingerprint density at radius 2 is 1.84 bits per heavy atom. The quantitative estimate of drug-likeness (QED) is 0.339. The number of pyridine rings is 2. The van der Waals surface area contributed by atoms with Crippen LogP contribution in [0.15, 0.2) is 71.8 Å². The first kappa shape index (κ1) is 23.2. The van der Waals surface area contributed by atoms with E-state index in [0.717, 1.165) is 43.1 Å². The molecular formula is C29H29N5O3. The smallest absolute Gasteiger partial charge is 0.256 e. The van der Waals surface area contributed by atoms with Gasteiger partial charge in [-0.15, -0.1) is 0 Å². The van der Waals surface area contributed by atoms with Crippen LogP contribution in [-0.4, -0.2) is 53.1 Å². The minimum absolute atomic E-state index is 0.132. The van der Waals surface area contributed by atoms with Crippen LogP contribution in [0.2, 0.25) is 0 Å². The van der Waals surface area contributed by atoms with Crippen LogP contribution in [0, 0.1) is 0 Å². The number of amides is 1. The van der Waals surface area contributed by atoms with E-state index in [9.17, 15) is 9.59 Å². The molecule has 37 heavy (non-hydrogen) atoms. The fourth-order valence-electron chi connectivity index (χ4n) is 5.14. The summed E-state index contributed by atoms with van der Waals surface area (Å²) in [7, 11) is 0. The molecule has 2 aliphatic heterocycles. The molecule has 2 N–H and O–H groups in total. The topological polar surface area (TPSA) is 88.5 Å². The average Bonchev–Trinajstić information content (AvgIpc) is 3.45. The highest BCUT2D eigenvalue weighted by Crippen LogP contribution is 2.43. The molecule has 0 saturated carbocycles. The van der Waals surface area contributed by atoms with Crippen molar-refractivity contribution in [2.45, 2.75) is 19.3 Å². The van der Waals surface area contributed by atoms with Crippen molar-refractivity contribution < 1.29 is 9.53 Å². The van der Waals surface area contributed by atoms with Crippen LogP contribution in [0.3, 0.4) is 0 Å². The Hall–Kier alpha value is -4.17. The third-order valence-electron chi connectivity index (χ3n) is 7.04. The lowest BCUT2D eigenvalue weighted by Crippen LogP contribution is -2.36. The first-order chi connectivity index (χ1) is 18.2. The maximum atomic E-state index is 13.5. The van der Waals surface area contributed by atoms with Gasteiger partial charge in [0.2, 0.25) is 5.43 Å². The Kier molecular flexibility index (Phi) is 6.32. The fourth-order valence-corrected chi connectivity index (χ4v) is 5.14. The molecule has 0 radical (unpaired) electrons. The van der Waals surface area contributed by atoms with Crippen LogP contribution < -0.4 is 20.8 Å². The number of carbonyl (C=O) groups is 1. The maximum absolute atomic E-state index is 13.5. The van der Waals surface area contributed by atoms with Gasteiger partial charge in [-0.25, -0.2) is 0 Å². The number of hydrogen-bond acceptors (Lipinski definition) is 6. The van der Waals surface area contributed by atoms with Gasteiger partial charge in [-0.1, -0.05) is 18.2 Å². The molecule has 1 fully saturated rings. The zero-order valence-electron chi connectivity index (χ0n) is 20.6. The second kappa shape index (κ2) is 10.1. The summed E-state index contributed by atoms with van der Waals surface area (Å²) >= 11 is 0. The largest absolute Gasteiger partial charge is 0.451 e. The highest BCUT2D eigenvalue weighted by molar-refractivity contribution is 6.01. The van der Waals surface area contributed by atoms with E-state index < -0.39 is 0 Å². The summed E-state index contributed by atoms with van der Waals surface area (Å²) in [6, 6.07) is 17.1. The van der Waals surface area contributed by atoms with Gasteiger partial charge in [0.15, 0.2) is 11.5 Å². The molecule has 2 aromatic heterocycles. The van der Waals surface area contributed by atoms with Gasteiger partial charge in [0.25, 0.3) is 5.91 Å². The second-order valence-electron chi connectivity index (χ2n) is 9.45. The summed E-state index contributed by atoms with van der Waals surface area (Å²) in [5.41, 5.74) is 3.06. The number of carbonyl (C=O) groups excluding carboxylic acids is 1. The number of ether oxygens (including phenoxy) is 1. The molecule has 4 aromatic rings. The highest BCUT2D eigenvalue weighted by Gasteiger charge is 2.26. The summed E-state index contributed by atoms with van der Waals surface area (Å²) in [5.74, 6) is 0.896. The van der Waals surface area contributed by atoms with Gasteiger partial charge in [-0.2, -0.15) is 0 Å². The number of nitrogens with one attached hydrogen (secondary N) is 2. The SMILES string of the molecule is O=C(NCCN1CCCC1)c1cn2c3c(c(NCCc4ccccn4)ccc3c1=O)Oc1ccccc1-2. The third kappa shape index (κ3) is 4.56. The van der Waals surface area contributed by atoms with Crippen LogP contribution >= 0.6 is 0 Å². The lowest BCUT2D eigenvalue weighted by atomic mass is 10.1. The molecule has 0 bridgehead atoms.